The molecule has 2 heterocycles. The quantitative estimate of drug-likeness (QED) is 0.429. The molecule has 2 aliphatic heterocycles. The van der Waals surface area contributed by atoms with Crippen LogP contribution in [0.3, 0.4) is 0 Å². The molecule has 28 heavy (non-hydrogen) atoms. The molecule has 154 valence electrons. The molecule has 1 atom stereocenters. The molecule has 2 aliphatic rings. The lowest BCUT2D eigenvalue weighted by molar-refractivity contribution is -0.138. The van der Waals surface area contributed by atoms with Crippen molar-refractivity contribution in [1.82, 2.24) is 9.80 Å². The number of β-amino-alcohol motifs (C(OH)–C–C–N with tert-alkyl or cyclic N) is 1. The first-order valence-corrected chi connectivity index (χ1v) is 10.6. The lowest BCUT2D eigenvalue weighted by atomic mass is 10.3. The van der Waals surface area contributed by atoms with Gasteiger partial charge in [-0.25, -0.2) is 9.59 Å². The minimum atomic E-state index is -1.07. The van der Waals surface area contributed by atoms with Gasteiger partial charge in [0.1, 0.15) is 0 Å². The molecule has 0 aromatic heterocycles. The Morgan fingerprint density at radius 2 is 1.36 bits per heavy atom. The van der Waals surface area contributed by atoms with E-state index in [4.69, 9.17) is 9.47 Å². The maximum Gasteiger partial charge on any atom is 0.333 e. The largest absolute Gasteiger partial charge is 0.463 e. The number of aliphatic hydroxyl groups excluding tert-OH is 1. The number of ether oxygens (including phenoxy) is 2. The monoisotopic (exact) mass is 430 g/mol. The number of carbonyl (C=O) groups excluding carboxylic acids is 4. The summed E-state index contributed by atoms with van der Waals surface area (Å²) in [4.78, 5) is 50.1. The maximum absolute atomic E-state index is 12.1. The van der Waals surface area contributed by atoms with Crippen LogP contribution in [-0.2, 0) is 28.7 Å². The van der Waals surface area contributed by atoms with Crippen molar-refractivity contribution in [3.8, 4) is 0 Å². The number of rotatable bonds is 8. The summed E-state index contributed by atoms with van der Waals surface area (Å²) in [5.41, 5.74) is 0. The van der Waals surface area contributed by atoms with E-state index in [-0.39, 0.29) is 49.6 Å². The fourth-order valence-electron chi connectivity index (χ4n) is 2.50. The number of aliphatic hydroxyl groups is 1. The van der Waals surface area contributed by atoms with Crippen LogP contribution in [0.4, 0.5) is 0 Å². The molecule has 0 aromatic rings. The van der Waals surface area contributed by atoms with Gasteiger partial charge in [-0.3, -0.25) is 9.59 Å². The van der Waals surface area contributed by atoms with E-state index in [2.05, 4.69) is 0 Å². The Kier molecular flexibility index (Phi) is 8.39. The minimum absolute atomic E-state index is 0.0851. The van der Waals surface area contributed by atoms with Crippen LogP contribution in [0.1, 0.15) is 13.8 Å². The van der Waals surface area contributed by atoms with E-state index in [0.29, 0.717) is 10.1 Å². The van der Waals surface area contributed by atoms with Gasteiger partial charge in [-0.05, 0) is 13.8 Å². The van der Waals surface area contributed by atoms with E-state index in [1.54, 1.807) is 13.8 Å². The van der Waals surface area contributed by atoms with Gasteiger partial charge >= 0.3 is 11.9 Å². The second-order valence-corrected chi connectivity index (χ2v) is 7.70. The van der Waals surface area contributed by atoms with Crippen LogP contribution >= 0.6 is 23.5 Å². The minimum Gasteiger partial charge on any atom is -0.463 e. The van der Waals surface area contributed by atoms with Crippen LogP contribution in [0.15, 0.2) is 22.2 Å². The summed E-state index contributed by atoms with van der Waals surface area (Å²) < 4.78 is 9.70. The van der Waals surface area contributed by atoms with Gasteiger partial charge in [-0.1, -0.05) is 23.5 Å². The van der Waals surface area contributed by atoms with E-state index in [9.17, 15) is 24.3 Å². The van der Waals surface area contributed by atoms with Gasteiger partial charge in [0.05, 0.1) is 66.1 Å². The Bertz CT molecular complexity index is 650. The third kappa shape index (κ3) is 6.01. The molecule has 2 fully saturated rings. The predicted molar refractivity (Wildman–Crippen MR) is 104 cm³/mol. The van der Waals surface area contributed by atoms with Crippen molar-refractivity contribution >= 4 is 47.3 Å². The van der Waals surface area contributed by atoms with Crippen molar-refractivity contribution in [3.05, 3.63) is 22.2 Å². The van der Waals surface area contributed by atoms with Gasteiger partial charge < -0.3 is 24.4 Å². The van der Waals surface area contributed by atoms with Crippen molar-refractivity contribution in [2.75, 3.05) is 37.8 Å². The third-order valence-electron chi connectivity index (χ3n) is 3.66. The zero-order valence-corrected chi connectivity index (χ0v) is 17.2. The molecule has 1 unspecified atom stereocenters. The van der Waals surface area contributed by atoms with Gasteiger partial charge in [0.2, 0.25) is 11.8 Å². The lowest BCUT2D eigenvalue weighted by Gasteiger charge is -2.25. The number of hydrogen-bond donors (Lipinski definition) is 1. The van der Waals surface area contributed by atoms with Crippen molar-refractivity contribution in [3.63, 3.8) is 0 Å². The highest BCUT2D eigenvalue weighted by Gasteiger charge is 2.33. The predicted octanol–water partition coefficient (Wildman–Crippen LogP) is 0.307. The van der Waals surface area contributed by atoms with Gasteiger partial charge in [0, 0.05) is 0 Å². The number of hydrogen-bond acceptors (Lipinski definition) is 9. The van der Waals surface area contributed by atoms with Gasteiger partial charge in [0.15, 0.2) is 0 Å². The molecule has 0 saturated carbocycles. The number of carbonyl (C=O) groups is 4. The number of nitrogens with zero attached hydrogens (tertiary/aromatic N) is 2. The molecule has 0 spiro atoms. The fraction of sp³-hybridized carbons (Fsp3) is 0.529. The van der Waals surface area contributed by atoms with Gasteiger partial charge in [0.25, 0.3) is 0 Å². The number of amides is 2. The lowest BCUT2D eigenvalue weighted by Crippen LogP contribution is -2.41. The molecule has 1 N–H and O–H groups in total. The summed E-state index contributed by atoms with van der Waals surface area (Å²) >= 11 is 2.36. The topological polar surface area (TPSA) is 113 Å². The fourth-order valence-corrected chi connectivity index (χ4v) is 4.38. The van der Waals surface area contributed by atoms with E-state index in [1.807, 2.05) is 0 Å². The number of esters is 2. The molecular weight excluding hydrogens is 408 g/mol. The molecule has 0 aliphatic carbocycles. The van der Waals surface area contributed by atoms with Crippen LogP contribution in [0.5, 0.6) is 0 Å². The Labute approximate surface area is 171 Å². The van der Waals surface area contributed by atoms with Gasteiger partial charge in [-0.15, -0.1) is 0 Å². The Morgan fingerprint density at radius 3 is 1.71 bits per heavy atom. The van der Waals surface area contributed by atoms with Crippen LogP contribution in [0.25, 0.3) is 0 Å². The molecule has 2 amide bonds. The van der Waals surface area contributed by atoms with Crippen LogP contribution in [0.2, 0.25) is 0 Å². The zero-order valence-electron chi connectivity index (χ0n) is 15.6. The average Bonchev–Trinajstić information content (AvgIpc) is 3.13. The molecule has 0 bridgehead atoms. The van der Waals surface area contributed by atoms with Crippen molar-refractivity contribution < 1.29 is 33.8 Å². The second-order valence-electron chi connectivity index (χ2n) is 5.71. The summed E-state index contributed by atoms with van der Waals surface area (Å²) in [6.07, 6.45) is 1.37. The summed E-state index contributed by atoms with van der Waals surface area (Å²) in [6.45, 7) is 3.62. The first kappa shape index (κ1) is 22.3. The van der Waals surface area contributed by atoms with E-state index >= 15 is 0 Å². The SMILES string of the molecule is CCOC(=O)/C=C1\SCC(=O)N1CC(O)CN1C(=O)CS/C1=C/C(=O)OCC. The Balaban J connectivity index is 2.03. The van der Waals surface area contributed by atoms with Crippen molar-refractivity contribution in [2.45, 2.75) is 20.0 Å². The second kappa shape index (κ2) is 10.5. The highest BCUT2D eigenvalue weighted by molar-refractivity contribution is 8.04. The first-order valence-electron chi connectivity index (χ1n) is 8.67. The van der Waals surface area contributed by atoms with E-state index < -0.39 is 18.0 Å². The van der Waals surface area contributed by atoms with E-state index in [1.165, 1.54) is 45.5 Å². The van der Waals surface area contributed by atoms with Crippen molar-refractivity contribution in [2.24, 2.45) is 0 Å². The molecule has 2 saturated heterocycles. The smallest absolute Gasteiger partial charge is 0.333 e. The normalized spacial score (nSPS) is 21.0. The molecular formula is C17H22N2O7S2. The third-order valence-corrected chi connectivity index (χ3v) is 5.71. The molecule has 9 nitrogen and oxygen atoms in total. The van der Waals surface area contributed by atoms with Crippen LogP contribution in [0, 0.1) is 0 Å². The van der Waals surface area contributed by atoms with Crippen LogP contribution < -0.4 is 0 Å². The van der Waals surface area contributed by atoms with Crippen LogP contribution in [-0.4, -0.2) is 82.6 Å². The Hall–Kier alpha value is -1.98. The van der Waals surface area contributed by atoms with Crippen molar-refractivity contribution in [1.29, 1.82) is 0 Å². The standard InChI is InChI=1S/C17H22N2O7S2/c1-3-25-16(23)5-14-18(12(21)9-27-14)7-11(20)8-19-13(22)10-28-15(19)6-17(24)26-4-2/h5-6,11,20H,3-4,7-10H2,1-2H3/b14-5-,15-6+. The summed E-state index contributed by atoms with van der Waals surface area (Å²) in [5.74, 6) is -1.31. The van der Waals surface area contributed by atoms with Gasteiger partial charge in [-0.2, -0.15) is 0 Å². The molecule has 0 aromatic carbocycles. The highest BCUT2D eigenvalue weighted by Crippen LogP contribution is 2.31. The first-order chi connectivity index (χ1) is 13.3. The Morgan fingerprint density at radius 1 is 0.964 bits per heavy atom. The zero-order chi connectivity index (χ0) is 20.7. The maximum atomic E-state index is 12.1. The molecule has 0 radical (unpaired) electrons. The average molecular weight is 431 g/mol. The number of thioether (sulfide) groups is 2. The van der Waals surface area contributed by atoms with E-state index in [0.717, 1.165) is 0 Å². The summed E-state index contributed by atoms with van der Waals surface area (Å²) in [7, 11) is 0. The summed E-state index contributed by atoms with van der Waals surface area (Å²) in [6, 6.07) is 0. The highest BCUT2D eigenvalue weighted by atomic mass is 32.2. The summed E-state index contributed by atoms with van der Waals surface area (Å²) in [5, 5.41) is 11.2. The molecule has 11 heteroatoms. The molecule has 2 rings (SSSR count).